The Bertz CT molecular complexity index is 1110. The smallest absolute Gasteiger partial charge is 0.254 e. The van der Waals surface area contributed by atoms with Gasteiger partial charge in [-0.2, -0.15) is 5.10 Å². The lowest BCUT2D eigenvalue weighted by molar-refractivity contribution is 0.0383. The van der Waals surface area contributed by atoms with E-state index in [2.05, 4.69) is 32.4 Å². The van der Waals surface area contributed by atoms with Crippen molar-refractivity contribution in [1.29, 1.82) is 0 Å². The van der Waals surface area contributed by atoms with Gasteiger partial charge in [-0.3, -0.25) is 9.69 Å². The minimum atomic E-state index is -0.128. The number of hydrogen-bond acceptors (Lipinski definition) is 7. The number of benzene rings is 1. The van der Waals surface area contributed by atoms with Crippen LogP contribution in [0.15, 0.2) is 41.6 Å². The number of nitrogens with one attached hydrogen (secondary N) is 1. The minimum Gasteiger partial charge on any atom is -0.379 e. The van der Waals surface area contributed by atoms with Crippen LogP contribution in [0.5, 0.6) is 0 Å². The molecular weight excluding hydrogens is 412 g/mol. The first-order valence-corrected chi connectivity index (χ1v) is 11.4. The molecule has 2 aliphatic heterocycles. The minimum absolute atomic E-state index is 0.128. The standard InChI is InChI=1S/C22H24N6O2S/c1-15-18(21(29)23-6-7-27-8-10-30-11-9-27)13-25-28(15)22-24-12-16-14-31-19-5-3-2-4-17(19)20(16)26-22/h2-5,12-13H,6-11,14H2,1H3,(H,23,29). The predicted molar refractivity (Wildman–Crippen MR) is 118 cm³/mol. The molecule has 31 heavy (non-hydrogen) atoms. The fourth-order valence-electron chi connectivity index (χ4n) is 3.86. The zero-order valence-corrected chi connectivity index (χ0v) is 18.2. The molecule has 1 saturated heterocycles. The van der Waals surface area contributed by atoms with Crippen molar-refractivity contribution < 1.29 is 9.53 Å². The van der Waals surface area contributed by atoms with Crippen LogP contribution in [0.4, 0.5) is 0 Å². The summed E-state index contributed by atoms with van der Waals surface area (Å²) < 4.78 is 7.00. The second-order valence-corrected chi connectivity index (χ2v) is 8.61. The van der Waals surface area contributed by atoms with Crippen LogP contribution < -0.4 is 5.32 Å². The van der Waals surface area contributed by atoms with Crippen LogP contribution in [0.2, 0.25) is 0 Å². The molecule has 2 aromatic heterocycles. The third-order valence-corrected chi connectivity index (χ3v) is 6.76. The number of hydrogen-bond donors (Lipinski definition) is 1. The normalized spacial score (nSPS) is 15.9. The van der Waals surface area contributed by atoms with E-state index in [0.717, 1.165) is 61.1 Å². The molecule has 9 heteroatoms. The Hall–Kier alpha value is -2.75. The number of carbonyl (C=O) groups excluding carboxylic acids is 1. The van der Waals surface area contributed by atoms with Crippen molar-refractivity contribution >= 4 is 17.7 Å². The Balaban J connectivity index is 1.33. The summed E-state index contributed by atoms with van der Waals surface area (Å²) in [6.07, 6.45) is 3.45. The number of carbonyl (C=O) groups is 1. The van der Waals surface area contributed by atoms with Crippen molar-refractivity contribution in [3.05, 3.63) is 53.5 Å². The van der Waals surface area contributed by atoms with Gasteiger partial charge in [0.05, 0.1) is 36.4 Å². The van der Waals surface area contributed by atoms with Crippen LogP contribution >= 0.6 is 11.8 Å². The Morgan fingerprint density at radius 3 is 2.94 bits per heavy atom. The molecule has 1 fully saturated rings. The lowest BCUT2D eigenvalue weighted by Crippen LogP contribution is -2.41. The van der Waals surface area contributed by atoms with Gasteiger partial charge < -0.3 is 10.1 Å². The zero-order valence-electron chi connectivity index (χ0n) is 17.4. The Labute approximate surface area is 185 Å². The highest BCUT2D eigenvalue weighted by molar-refractivity contribution is 7.98. The summed E-state index contributed by atoms with van der Waals surface area (Å²) in [7, 11) is 0. The van der Waals surface area contributed by atoms with Crippen molar-refractivity contribution in [2.75, 3.05) is 39.4 Å². The maximum absolute atomic E-state index is 12.7. The van der Waals surface area contributed by atoms with E-state index in [0.29, 0.717) is 18.1 Å². The molecule has 4 heterocycles. The van der Waals surface area contributed by atoms with Gasteiger partial charge in [-0.25, -0.2) is 14.6 Å². The molecule has 1 N–H and O–H groups in total. The zero-order chi connectivity index (χ0) is 21.2. The molecule has 8 nitrogen and oxygen atoms in total. The van der Waals surface area contributed by atoms with Crippen molar-refractivity contribution in [1.82, 2.24) is 30.0 Å². The van der Waals surface area contributed by atoms with Crippen LogP contribution in [0, 0.1) is 6.92 Å². The van der Waals surface area contributed by atoms with Gasteiger partial charge in [0.15, 0.2) is 0 Å². The fraction of sp³-hybridized carbons (Fsp3) is 0.364. The largest absolute Gasteiger partial charge is 0.379 e. The second kappa shape index (κ2) is 8.78. The van der Waals surface area contributed by atoms with E-state index in [1.54, 1.807) is 22.6 Å². The summed E-state index contributed by atoms with van der Waals surface area (Å²) in [5.41, 5.74) is 4.42. The lowest BCUT2D eigenvalue weighted by Gasteiger charge is -2.26. The van der Waals surface area contributed by atoms with Gasteiger partial charge in [0.1, 0.15) is 0 Å². The van der Waals surface area contributed by atoms with Gasteiger partial charge in [0.2, 0.25) is 0 Å². The van der Waals surface area contributed by atoms with E-state index < -0.39 is 0 Å². The number of fused-ring (bicyclic) bond motifs is 3. The Morgan fingerprint density at radius 2 is 2.06 bits per heavy atom. The molecule has 160 valence electrons. The Kier molecular flexibility index (Phi) is 5.71. The van der Waals surface area contributed by atoms with Crippen molar-refractivity contribution in [3.8, 4) is 17.2 Å². The summed E-state index contributed by atoms with van der Waals surface area (Å²) in [6, 6.07) is 8.26. The van der Waals surface area contributed by atoms with Crippen molar-refractivity contribution in [2.24, 2.45) is 0 Å². The SMILES string of the molecule is Cc1c(C(=O)NCCN2CCOCC2)cnn1-c1ncc2c(n1)-c1ccccc1SC2. The summed E-state index contributed by atoms with van der Waals surface area (Å²) in [4.78, 5) is 25.5. The third-order valence-electron chi connectivity index (χ3n) is 5.64. The van der Waals surface area contributed by atoms with E-state index in [1.807, 2.05) is 25.3 Å². The number of aromatic nitrogens is 4. The summed E-state index contributed by atoms with van der Waals surface area (Å²) >= 11 is 1.80. The highest BCUT2D eigenvalue weighted by Crippen LogP contribution is 2.40. The molecule has 3 aromatic rings. The van der Waals surface area contributed by atoms with Gasteiger partial charge in [-0.15, -0.1) is 11.8 Å². The lowest BCUT2D eigenvalue weighted by atomic mass is 10.1. The number of ether oxygens (including phenoxy) is 1. The molecule has 1 aromatic carbocycles. The molecular formula is C22H24N6O2S. The molecule has 0 aliphatic carbocycles. The van der Waals surface area contributed by atoms with Gasteiger partial charge in [-0.05, 0) is 13.0 Å². The van der Waals surface area contributed by atoms with Gasteiger partial charge in [0, 0.05) is 54.2 Å². The number of morpholine rings is 1. The average Bonchev–Trinajstić information content (AvgIpc) is 3.20. The first-order valence-electron chi connectivity index (χ1n) is 10.4. The number of rotatable bonds is 5. The van der Waals surface area contributed by atoms with E-state index in [4.69, 9.17) is 9.72 Å². The third kappa shape index (κ3) is 4.08. The molecule has 2 aliphatic rings. The molecule has 1 amide bonds. The molecule has 5 rings (SSSR count). The van der Waals surface area contributed by atoms with E-state index >= 15 is 0 Å². The van der Waals surface area contributed by atoms with Crippen LogP contribution in [0.25, 0.3) is 17.2 Å². The second-order valence-electron chi connectivity index (χ2n) is 7.59. The number of thioether (sulfide) groups is 1. The topological polar surface area (TPSA) is 85.2 Å². The summed E-state index contributed by atoms with van der Waals surface area (Å²) in [6.45, 7) is 6.60. The Morgan fingerprint density at radius 1 is 1.23 bits per heavy atom. The van der Waals surface area contributed by atoms with E-state index in [1.165, 1.54) is 4.90 Å². The van der Waals surface area contributed by atoms with Crippen molar-refractivity contribution in [2.45, 2.75) is 17.6 Å². The first kappa shape index (κ1) is 20.2. The van der Waals surface area contributed by atoms with Crippen molar-refractivity contribution in [3.63, 3.8) is 0 Å². The molecule has 0 bridgehead atoms. The quantitative estimate of drug-likeness (QED) is 0.657. The van der Waals surface area contributed by atoms with Crippen LogP contribution in [0.1, 0.15) is 21.6 Å². The maximum Gasteiger partial charge on any atom is 0.254 e. The summed E-state index contributed by atoms with van der Waals surface area (Å²) in [5, 5.41) is 7.41. The number of nitrogens with zero attached hydrogens (tertiary/aromatic N) is 5. The highest BCUT2D eigenvalue weighted by atomic mass is 32.2. The van der Waals surface area contributed by atoms with E-state index in [9.17, 15) is 4.79 Å². The molecule has 0 saturated carbocycles. The predicted octanol–water partition coefficient (Wildman–Crippen LogP) is 2.31. The van der Waals surface area contributed by atoms with Gasteiger partial charge in [0.25, 0.3) is 11.9 Å². The first-order chi connectivity index (χ1) is 15.2. The summed E-state index contributed by atoms with van der Waals surface area (Å²) in [5.74, 6) is 1.20. The van der Waals surface area contributed by atoms with Gasteiger partial charge in [-0.1, -0.05) is 18.2 Å². The fourth-order valence-corrected chi connectivity index (χ4v) is 4.88. The average molecular weight is 437 g/mol. The van der Waals surface area contributed by atoms with E-state index in [-0.39, 0.29) is 5.91 Å². The van der Waals surface area contributed by atoms with Crippen LogP contribution in [0.3, 0.4) is 0 Å². The van der Waals surface area contributed by atoms with Crippen LogP contribution in [-0.2, 0) is 10.5 Å². The number of amides is 1. The van der Waals surface area contributed by atoms with Gasteiger partial charge >= 0.3 is 0 Å². The molecule has 0 unspecified atom stereocenters. The van der Waals surface area contributed by atoms with Crippen LogP contribution in [-0.4, -0.2) is 69.9 Å². The molecule has 0 radical (unpaired) electrons. The molecule has 0 atom stereocenters. The monoisotopic (exact) mass is 436 g/mol. The maximum atomic E-state index is 12.7. The highest BCUT2D eigenvalue weighted by Gasteiger charge is 2.21. The molecule has 0 spiro atoms.